The van der Waals surface area contributed by atoms with Crippen molar-refractivity contribution in [3.8, 4) is 5.75 Å². The van der Waals surface area contributed by atoms with Crippen LogP contribution in [0.15, 0.2) is 48.5 Å². The number of Topliss-reactive ketones (excluding diaryl/α,β-unsaturated/α-hetero) is 1. The maximum atomic E-state index is 13.1. The Kier molecular flexibility index (Phi) is 6.18. The number of nitrogens with one attached hydrogen (secondary N) is 1. The molecular weight excluding hydrogens is 422 g/mol. The first kappa shape index (κ1) is 22.5. The summed E-state index contributed by atoms with van der Waals surface area (Å²) in [7, 11) is 1.60. The van der Waals surface area contributed by atoms with Crippen molar-refractivity contribution in [2.24, 2.45) is 0 Å². The number of amides is 4. The third-order valence-electron chi connectivity index (χ3n) is 6.27. The van der Waals surface area contributed by atoms with E-state index < -0.39 is 17.5 Å². The minimum absolute atomic E-state index is 0.0290. The first-order valence-electron chi connectivity index (χ1n) is 11.0. The van der Waals surface area contributed by atoms with Crippen LogP contribution in [0.3, 0.4) is 0 Å². The van der Waals surface area contributed by atoms with Crippen molar-refractivity contribution in [1.29, 1.82) is 0 Å². The molecule has 8 nitrogen and oxygen atoms in total. The minimum atomic E-state index is -1.08. The Morgan fingerprint density at radius 1 is 1.12 bits per heavy atom. The van der Waals surface area contributed by atoms with Crippen molar-refractivity contribution in [2.45, 2.75) is 38.1 Å². The molecule has 2 aliphatic rings. The smallest absolute Gasteiger partial charge is 0.325 e. The number of aryl methyl sites for hydroxylation is 1. The Balaban J connectivity index is 1.42. The molecule has 33 heavy (non-hydrogen) atoms. The molecule has 0 aliphatic carbocycles. The largest absolute Gasteiger partial charge is 0.497 e. The standard InChI is InChI=1S/C25H27N3O5/c1-25(13-12-17-8-10-20(33-2)11-9-17)23(31)28(24(32)26-25)16-21(29)18-5-3-6-19(15-18)27-14-4-7-22(27)30/h3,5-6,8-11,15H,4,7,12-14,16H2,1-2H3,(H,26,32)/t25-/m0/s1. The number of imide groups is 1. The Hall–Kier alpha value is -3.68. The third kappa shape index (κ3) is 4.60. The lowest BCUT2D eigenvalue weighted by Crippen LogP contribution is -2.44. The number of benzene rings is 2. The monoisotopic (exact) mass is 449 g/mol. The molecule has 0 unspecified atom stereocenters. The summed E-state index contributed by atoms with van der Waals surface area (Å²) in [5.41, 5.74) is 0.951. The van der Waals surface area contributed by atoms with Gasteiger partial charge in [-0.3, -0.25) is 19.3 Å². The number of carbonyl (C=O) groups excluding carboxylic acids is 4. The van der Waals surface area contributed by atoms with Gasteiger partial charge in [-0.1, -0.05) is 24.3 Å². The predicted octanol–water partition coefficient (Wildman–Crippen LogP) is 2.95. The van der Waals surface area contributed by atoms with Crippen LogP contribution in [-0.2, 0) is 16.0 Å². The number of hydrogen-bond donors (Lipinski definition) is 1. The molecular formula is C25H27N3O5. The zero-order valence-electron chi connectivity index (χ0n) is 18.8. The number of rotatable bonds is 8. The molecule has 1 atom stereocenters. The zero-order valence-corrected chi connectivity index (χ0v) is 18.8. The minimum Gasteiger partial charge on any atom is -0.497 e. The van der Waals surface area contributed by atoms with E-state index in [1.54, 1.807) is 43.2 Å². The molecule has 0 spiro atoms. The van der Waals surface area contributed by atoms with E-state index in [1.165, 1.54) is 0 Å². The van der Waals surface area contributed by atoms with Crippen LogP contribution in [0.5, 0.6) is 5.75 Å². The molecule has 2 saturated heterocycles. The van der Waals surface area contributed by atoms with E-state index in [1.807, 2.05) is 24.3 Å². The highest BCUT2D eigenvalue weighted by Crippen LogP contribution is 2.26. The average Bonchev–Trinajstić information content (AvgIpc) is 3.34. The number of nitrogens with zero attached hydrogens (tertiary/aromatic N) is 2. The summed E-state index contributed by atoms with van der Waals surface area (Å²) < 4.78 is 5.16. The Bertz CT molecular complexity index is 1100. The molecule has 1 N–H and O–H groups in total. The molecule has 2 heterocycles. The van der Waals surface area contributed by atoms with E-state index in [9.17, 15) is 19.2 Å². The Labute approximate surface area is 192 Å². The highest BCUT2D eigenvalue weighted by Gasteiger charge is 2.47. The van der Waals surface area contributed by atoms with Gasteiger partial charge in [0, 0.05) is 24.2 Å². The zero-order chi connectivity index (χ0) is 23.6. The lowest BCUT2D eigenvalue weighted by molar-refractivity contribution is -0.130. The number of carbonyl (C=O) groups is 4. The molecule has 172 valence electrons. The molecule has 2 aromatic rings. The van der Waals surface area contributed by atoms with Crippen molar-refractivity contribution >= 4 is 29.3 Å². The third-order valence-corrected chi connectivity index (χ3v) is 6.27. The van der Waals surface area contributed by atoms with Crippen LogP contribution in [0, 0.1) is 0 Å². The molecule has 0 bridgehead atoms. The highest BCUT2D eigenvalue weighted by molar-refractivity contribution is 6.11. The fourth-order valence-electron chi connectivity index (χ4n) is 4.25. The average molecular weight is 450 g/mol. The van der Waals surface area contributed by atoms with E-state index in [4.69, 9.17) is 4.74 Å². The molecule has 0 radical (unpaired) electrons. The molecule has 0 saturated carbocycles. The van der Waals surface area contributed by atoms with Crippen LogP contribution >= 0.6 is 0 Å². The highest BCUT2D eigenvalue weighted by atomic mass is 16.5. The SMILES string of the molecule is COc1ccc(CC[C@]2(C)NC(=O)N(CC(=O)c3cccc(N4CCCC4=O)c3)C2=O)cc1. The number of hydrogen-bond acceptors (Lipinski definition) is 5. The fourth-order valence-corrected chi connectivity index (χ4v) is 4.25. The number of ketones is 1. The number of methoxy groups -OCH3 is 1. The topological polar surface area (TPSA) is 96.0 Å². The predicted molar refractivity (Wildman–Crippen MR) is 122 cm³/mol. The first-order valence-corrected chi connectivity index (χ1v) is 11.0. The second kappa shape index (κ2) is 9.05. The van der Waals surface area contributed by atoms with Crippen molar-refractivity contribution in [3.05, 3.63) is 59.7 Å². The van der Waals surface area contributed by atoms with Crippen LogP contribution in [-0.4, -0.2) is 54.3 Å². The van der Waals surface area contributed by atoms with Gasteiger partial charge in [0.2, 0.25) is 5.91 Å². The fraction of sp³-hybridized carbons (Fsp3) is 0.360. The van der Waals surface area contributed by atoms with Gasteiger partial charge in [0.1, 0.15) is 11.3 Å². The summed E-state index contributed by atoms with van der Waals surface area (Å²) in [5.74, 6) is 0.00558. The van der Waals surface area contributed by atoms with Crippen molar-refractivity contribution in [2.75, 3.05) is 25.1 Å². The quantitative estimate of drug-likeness (QED) is 0.494. The molecule has 2 fully saturated rings. The second-order valence-corrected chi connectivity index (χ2v) is 8.62. The van der Waals surface area contributed by atoms with Gasteiger partial charge in [-0.15, -0.1) is 0 Å². The van der Waals surface area contributed by atoms with Crippen LogP contribution in [0.1, 0.15) is 42.1 Å². The van der Waals surface area contributed by atoms with E-state index in [0.717, 1.165) is 22.6 Å². The van der Waals surface area contributed by atoms with Gasteiger partial charge in [-0.2, -0.15) is 0 Å². The van der Waals surface area contributed by atoms with Gasteiger partial charge >= 0.3 is 6.03 Å². The molecule has 4 rings (SSSR count). The van der Waals surface area contributed by atoms with Gasteiger partial charge in [0.15, 0.2) is 5.78 Å². The summed E-state index contributed by atoms with van der Waals surface area (Å²) in [6.07, 6.45) is 2.27. The van der Waals surface area contributed by atoms with Crippen LogP contribution < -0.4 is 15.0 Å². The maximum Gasteiger partial charge on any atom is 0.325 e. The lowest BCUT2D eigenvalue weighted by Gasteiger charge is -2.21. The summed E-state index contributed by atoms with van der Waals surface area (Å²) in [4.78, 5) is 53.2. The van der Waals surface area contributed by atoms with Gasteiger partial charge in [0.05, 0.1) is 13.7 Å². The van der Waals surface area contributed by atoms with E-state index in [0.29, 0.717) is 37.1 Å². The maximum absolute atomic E-state index is 13.1. The Morgan fingerprint density at radius 2 is 1.88 bits per heavy atom. The van der Waals surface area contributed by atoms with Gasteiger partial charge in [0.25, 0.3) is 5.91 Å². The molecule has 4 amide bonds. The first-order chi connectivity index (χ1) is 15.8. The van der Waals surface area contributed by atoms with Gasteiger partial charge < -0.3 is 15.0 Å². The van der Waals surface area contributed by atoms with Crippen LogP contribution in [0.2, 0.25) is 0 Å². The normalized spacial score (nSPS) is 20.4. The van der Waals surface area contributed by atoms with Crippen LogP contribution in [0.4, 0.5) is 10.5 Å². The lowest BCUT2D eigenvalue weighted by atomic mass is 9.93. The number of ether oxygens (including phenoxy) is 1. The number of urea groups is 1. The van der Waals surface area contributed by atoms with Crippen molar-refractivity contribution in [1.82, 2.24) is 10.2 Å². The summed E-state index contributed by atoms with van der Waals surface area (Å²) in [6, 6.07) is 13.7. The van der Waals surface area contributed by atoms with Gasteiger partial charge in [-0.05, 0) is 56.0 Å². The molecule has 0 aromatic heterocycles. The van der Waals surface area contributed by atoms with E-state index >= 15 is 0 Å². The van der Waals surface area contributed by atoms with Gasteiger partial charge in [-0.25, -0.2) is 4.79 Å². The number of anilines is 1. The molecule has 2 aliphatic heterocycles. The van der Waals surface area contributed by atoms with E-state index in [2.05, 4.69) is 5.32 Å². The summed E-state index contributed by atoms with van der Waals surface area (Å²) >= 11 is 0. The molecule has 2 aromatic carbocycles. The Morgan fingerprint density at radius 3 is 2.55 bits per heavy atom. The summed E-state index contributed by atoms with van der Waals surface area (Å²) in [5, 5.41) is 2.75. The molecule has 8 heteroatoms. The summed E-state index contributed by atoms with van der Waals surface area (Å²) in [6.45, 7) is 1.96. The van der Waals surface area contributed by atoms with Crippen molar-refractivity contribution < 1.29 is 23.9 Å². The van der Waals surface area contributed by atoms with Crippen molar-refractivity contribution in [3.63, 3.8) is 0 Å². The second-order valence-electron chi connectivity index (χ2n) is 8.62. The van der Waals surface area contributed by atoms with E-state index in [-0.39, 0.29) is 18.2 Å². The van der Waals surface area contributed by atoms with Crippen LogP contribution in [0.25, 0.3) is 0 Å².